The van der Waals surface area contributed by atoms with Crippen LogP contribution in [0.2, 0.25) is 0 Å². The summed E-state index contributed by atoms with van der Waals surface area (Å²) < 4.78 is 0. The molecule has 0 saturated carbocycles. The van der Waals surface area contributed by atoms with E-state index in [2.05, 4.69) is 10.3 Å². The normalized spacial score (nSPS) is 10.1. The van der Waals surface area contributed by atoms with Crippen molar-refractivity contribution in [3.05, 3.63) is 34.2 Å². The summed E-state index contributed by atoms with van der Waals surface area (Å²) in [6, 6.07) is 4.46. The third-order valence-electron chi connectivity index (χ3n) is 2.13. The molecule has 0 aliphatic carbocycles. The number of rotatable bonds is 6. The van der Waals surface area contributed by atoms with Crippen LogP contribution in [0, 0.1) is 0 Å². The van der Waals surface area contributed by atoms with Crippen molar-refractivity contribution >= 4 is 5.91 Å². The second-order valence-corrected chi connectivity index (χ2v) is 3.47. The first-order chi connectivity index (χ1) is 7.74. The van der Waals surface area contributed by atoms with Crippen LogP contribution < -0.4 is 10.9 Å². The van der Waals surface area contributed by atoms with Gasteiger partial charge in [-0.25, -0.2) is 0 Å². The summed E-state index contributed by atoms with van der Waals surface area (Å²) in [7, 11) is 0. The van der Waals surface area contributed by atoms with Gasteiger partial charge in [-0.1, -0.05) is 6.07 Å². The molecule has 0 atom stereocenters. The van der Waals surface area contributed by atoms with Gasteiger partial charge in [-0.05, 0) is 25.3 Å². The Balaban J connectivity index is 2.33. The fourth-order valence-electron chi connectivity index (χ4n) is 1.29. The van der Waals surface area contributed by atoms with Gasteiger partial charge >= 0.3 is 0 Å². The molecule has 0 saturated heterocycles. The Morgan fingerprint density at radius 1 is 1.31 bits per heavy atom. The van der Waals surface area contributed by atoms with Crippen molar-refractivity contribution in [3.8, 4) is 0 Å². The Morgan fingerprint density at radius 2 is 2.12 bits per heavy atom. The molecule has 5 nitrogen and oxygen atoms in total. The van der Waals surface area contributed by atoms with Gasteiger partial charge in [0, 0.05) is 19.2 Å². The summed E-state index contributed by atoms with van der Waals surface area (Å²) >= 11 is 0. The lowest BCUT2D eigenvalue weighted by Crippen LogP contribution is -2.27. The van der Waals surface area contributed by atoms with Crippen LogP contribution in [0.25, 0.3) is 0 Å². The Kier molecular flexibility index (Phi) is 5.28. The molecule has 1 aromatic rings. The van der Waals surface area contributed by atoms with E-state index in [0.29, 0.717) is 6.54 Å². The number of H-pyrrole nitrogens is 1. The molecule has 0 bridgehead atoms. The van der Waals surface area contributed by atoms with Crippen LogP contribution in [0.5, 0.6) is 0 Å². The second kappa shape index (κ2) is 6.79. The maximum absolute atomic E-state index is 11.5. The van der Waals surface area contributed by atoms with Crippen LogP contribution in [0.15, 0.2) is 23.0 Å². The lowest BCUT2D eigenvalue weighted by atomic mass is 10.2. The van der Waals surface area contributed by atoms with Crippen molar-refractivity contribution in [2.24, 2.45) is 0 Å². The molecular formula is C11H16N2O3. The summed E-state index contributed by atoms with van der Waals surface area (Å²) in [6.07, 6.45) is 2.45. The molecular weight excluding hydrogens is 208 g/mol. The molecule has 1 rings (SSSR count). The highest BCUT2D eigenvalue weighted by Gasteiger charge is 2.04. The number of hydrogen-bond acceptors (Lipinski definition) is 3. The Morgan fingerprint density at radius 3 is 2.81 bits per heavy atom. The number of hydrogen-bond donors (Lipinski definition) is 3. The van der Waals surface area contributed by atoms with Gasteiger partial charge in [0.2, 0.25) is 5.56 Å². The van der Waals surface area contributed by atoms with Crippen LogP contribution in [-0.4, -0.2) is 29.1 Å². The predicted octanol–water partition coefficient (Wildman–Crippen LogP) is 0.267. The summed E-state index contributed by atoms with van der Waals surface area (Å²) in [4.78, 5) is 24.9. The van der Waals surface area contributed by atoms with Gasteiger partial charge in [0.05, 0.1) is 0 Å². The van der Waals surface area contributed by atoms with E-state index in [9.17, 15) is 9.59 Å². The molecule has 16 heavy (non-hydrogen) atoms. The van der Waals surface area contributed by atoms with Gasteiger partial charge in [0.25, 0.3) is 5.91 Å². The predicted molar refractivity (Wildman–Crippen MR) is 60.3 cm³/mol. The van der Waals surface area contributed by atoms with Crippen LogP contribution in [0.4, 0.5) is 0 Å². The smallest absolute Gasteiger partial charge is 0.267 e. The first-order valence-electron chi connectivity index (χ1n) is 5.32. The minimum atomic E-state index is -0.284. The number of pyridine rings is 1. The molecule has 5 heteroatoms. The van der Waals surface area contributed by atoms with Gasteiger partial charge in [0.15, 0.2) is 0 Å². The standard InChI is InChI=1S/C11H16N2O3/c14-8-3-1-2-7-12-11(16)9-5-4-6-10(15)13-9/h4-6,14H,1-3,7-8H2,(H,12,16)(H,13,15). The van der Waals surface area contributed by atoms with Crippen molar-refractivity contribution in [1.29, 1.82) is 0 Å². The van der Waals surface area contributed by atoms with Crippen LogP contribution in [-0.2, 0) is 0 Å². The van der Waals surface area contributed by atoms with Crippen LogP contribution >= 0.6 is 0 Å². The van der Waals surface area contributed by atoms with Crippen LogP contribution in [0.3, 0.4) is 0 Å². The highest BCUT2D eigenvalue weighted by Crippen LogP contribution is 1.94. The lowest BCUT2D eigenvalue weighted by molar-refractivity contribution is 0.0947. The molecule has 0 unspecified atom stereocenters. The van der Waals surface area contributed by atoms with Gasteiger partial charge < -0.3 is 15.4 Å². The maximum Gasteiger partial charge on any atom is 0.267 e. The SMILES string of the molecule is O=C(NCCCCCO)c1cccc(=O)[nH]1. The van der Waals surface area contributed by atoms with E-state index in [1.54, 1.807) is 12.1 Å². The quantitative estimate of drug-likeness (QED) is 0.606. The highest BCUT2D eigenvalue weighted by molar-refractivity contribution is 5.92. The number of amides is 1. The first-order valence-corrected chi connectivity index (χ1v) is 5.32. The third kappa shape index (κ3) is 4.27. The Bertz CT molecular complexity index is 387. The van der Waals surface area contributed by atoms with Gasteiger partial charge in [0.1, 0.15) is 5.69 Å². The van der Waals surface area contributed by atoms with E-state index in [1.165, 1.54) is 6.07 Å². The maximum atomic E-state index is 11.5. The molecule has 1 amide bonds. The Labute approximate surface area is 93.5 Å². The third-order valence-corrected chi connectivity index (χ3v) is 2.13. The molecule has 0 spiro atoms. The largest absolute Gasteiger partial charge is 0.396 e. The number of aliphatic hydroxyl groups excluding tert-OH is 1. The number of carbonyl (C=O) groups excluding carboxylic acids is 1. The van der Waals surface area contributed by atoms with Crippen molar-refractivity contribution in [1.82, 2.24) is 10.3 Å². The number of aromatic amines is 1. The summed E-state index contributed by atoms with van der Waals surface area (Å²) in [5, 5.41) is 11.3. The number of aromatic nitrogens is 1. The zero-order valence-corrected chi connectivity index (χ0v) is 9.03. The lowest BCUT2D eigenvalue weighted by Gasteiger charge is -2.04. The molecule has 0 fully saturated rings. The van der Waals surface area contributed by atoms with Crippen molar-refractivity contribution in [3.63, 3.8) is 0 Å². The molecule has 88 valence electrons. The molecule has 0 radical (unpaired) electrons. The number of unbranched alkanes of at least 4 members (excludes halogenated alkanes) is 2. The minimum absolute atomic E-state index is 0.181. The number of aliphatic hydroxyl groups is 1. The summed E-state index contributed by atoms with van der Waals surface area (Å²) in [6.45, 7) is 0.732. The molecule has 0 aliphatic heterocycles. The average molecular weight is 224 g/mol. The number of nitrogens with one attached hydrogen (secondary N) is 2. The molecule has 0 aromatic carbocycles. The van der Waals surface area contributed by atoms with Gasteiger partial charge in [-0.15, -0.1) is 0 Å². The monoisotopic (exact) mass is 224 g/mol. The molecule has 0 aliphatic rings. The van der Waals surface area contributed by atoms with E-state index >= 15 is 0 Å². The second-order valence-electron chi connectivity index (χ2n) is 3.47. The fourth-order valence-corrected chi connectivity index (χ4v) is 1.29. The highest BCUT2D eigenvalue weighted by atomic mass is 16.2. The van der Waals surface area contributed by atoms with Gasteiger partial charge in [-0.2, -0.15) is 0 Å². The molecule has 1 aromatic heterocycles. The minimum Gasteiger partial charge on any atom is -0.396 e. The van der Waals surface area contributed by atoms with Crippen LogP contribution in [0.1, 0.15) is 29.8 Å². The van der Waals surface area contributed by atoms with Crippen molar-refractivity contribution in [2.45, 2.75) is 19.3 Å². The number of carbonyl (C=O) groups is 1. The summed E-state index contributed by atoms with van der Waals surface area (Å²) in [5.41, 5.74) is -0.0115. The van der Waals surface area contributed by atoms with E-state index < -0.39 is 0 Å². The van der Waals surface area contributed by atoms with E-state index in [1.807, 2.05) is 0 Å². The van der Waals surface area contributed by atoms with E-state index in [0.717, 1.165) is 19.3 Å². The van der Waals surface area contributed by atoms with Crippen molar-refractivity contribution < 1.29 is 9.90 Å². The van der Waals surface area contributed by atoms with E-state index in [4.69, 9.17) is 5.11 Å². The van der Waals surface area contributed by atoms with E-state index in [-0.39, 0.29) is 23.8 Å². The Hall–Kier alpha value is -1.62. The topological polar surface area (TPSA) is 82.2 Å². The molecule has 1 heterocycles. The van der Waals surface area contributed by atoms with Crippen molar-refractivity contribution in [2.75, 3.05) is 13.2 Å². The zero-order chi connectivity index (χ0) is 11.8. The first kappa shape index (κ1) is 12.4. The molecule has 3 N–H and O–H groups in total. The fraction of sp³-hybridized carbons (Fsp3) is 0.455. The average Bonchev–Trinajstić information content (AvgIpc) is 2.28. The zero-order valence-electron chi connectivity index (χ0n) is 9.03. The van der Waals surface area contributed by atoms with Gasteiger partial charge in [-0.3, -0.25) is 9.59 Å². The summed E-state index contributed by atoms with van der Waals surface area (Å²) in [5.74, 6) is -0.276.